The lowest BCUT2D eigenvalue weighted by Crippen LogP contribution is -2.36. The average molecular weight is 290 g/mol. The van der Waals surface area contributed by atoms with Crippen LogP contribution in [0.5, 0.6) is 0 Å². The van der Waals surface area contributed by atoms with Crippen LogP contribution in [0.3, 0.4) is 0 Å². The standard InChI is InChI=1S/C14H12ClN3O2/c15-10-5-8(7-16)1-4-11(10)17-12-6-13(19)18(14(12)20)9-2-3-9/h1,4-5,9,12,17H,2-3,6H2. The SMILES string of the molecule is N#Cc1ccc(NC2CC(=O)N(C3CC3)C2=O)c(Cl)c1. The van der Waals surface area contributed by atoms with Gasteiger partial charge in [0.25, 0.3) is 5.91 Å². The monoisotopic (exact) mass is 289 g/mol. The third-order valence-corrected chi connectivity index (χ3v) is 3.84. The lowest BCUT2D eigenvalue weighted by Gasteiger charge is -2.15. The van der Waals surface area contributed by atoms with E-state index in [1.807, 2.05) is 6.07 Å². The van der Waals surface area contributed by atoms with E-state index in [1.165, 1.54) is 11.0 Å². The number of hydrogen-bond donors (Lipinski definition) is 1. The fraction of sp³-hybridized carbons (Fsp3) is 0.357. The van der Waals surface area contributed by atoms with E-state index >= 15 is 0 Å². The molecule has 1 atom stereocenters. The van der Waals surface area contributed by atoms with E-state index in [0.717, 1.165) is 12.8 Å². The number of anilines is 1. The lowest BCUT2D eigenvalue weighted by atomic mass is 10.2. The summed E-state index contributed by atoms with van der Waals surface area (Å²) in [6, 6.07) is 6.33. The Labute approximate surface area is 121 Å². The smallest absolute Gasteiger partial charge is 0.252 e. The summed E-state index contributed by atoms with van der Waals surface area (Å²) in [5.74, 6) is -0.308. The van der Waals surface area contributed by atoms with Gasteiger partial charge in [0.15, 0.2) is 0 Å². The van der Waals surface area contributed by atoms with Gasteiger partial charge in [-0.2, -0.15) is 5.26 Å². The fourth-order valence-corrected chi connectivity index (χ4v) is 2.60. The first kappa shape index (κ1) is 12.9. The summed E-state index contributed by atoms with van der Waals surface area (Å²) in [6.45, 7) is 0. The van der Waals surface area contributed by atoms with Crippen LogP contribution in [-0.4, -0.2) is 28.8 Å². The van der Waals surface area contributed by atoms with Crippen molar-refractivity contribution < 1.29 is 9.59 Å². The van der Waals surface area contributed by atoms with Gasteiger partial charge in [-0.15, -0.1) is 0 Å². The summed E-state index contributed by atoms with van der Waals surface area (Å²) in [6.07, 6.45) is 1.97. The van der Waals surface area contributed by atoms with Gasteiger partial charge in [-0.3, -0.25) is 14.5 Å². The highest BCUT2D eigenvalue weighted by atomic mass is 35.5. The number of likely N-dealkylation sites (tertiary alicyclic amines) is 1. The van der Waals surface area contributed by atoms with E-state index in [4.69, 9.17) is 16.9 Å². The van der Waals surface area contributed by atoms with Crippen LogP contribution in [-0.2, 0) is 9.59 Å². The zero-order valence-electron chi connectivity index (χ0n) is 10.6. The molecule has 1 aliphatic carbocycles. The van der Waals surface area contributed by atoms with Crippen LogP contribution in [0.4, 0.5) is 5.69 Å². The van der Waals surface area contributed by atoms with E-state index in [2.05, 4.69) is 5.32 Å². The molecule has 1 aromatic rings. The number of amides is 2. The summed E-state index contributed by atoms with van der Waals surface area (Å²) >= 11 is 6.06. The average Bonchev–Trinajstić information content (AvgIpc) is 3.20. The molecular formula is C14H12ClN3O2. The molecule has 1 aliphatic heterocycles. The maximum Gasteiger partial charge on any atom is 0.252 e. The van der Waals surface area contributed by atoms with Gasteiger partial charge in [0.2, 0.25) is 5.91 Å². The Morgan fingerprint density at radius 1 is 1.35 bits per heavy atom. The molecule has 5 nitrogen and oxygen atoms in total. The van der Waals surface area contributed by atoms with E-state index < -0.39 is 6.04 Å². The minimum absolute atomic E-state index is 0.0956. The Kier molecular flexibility index (Phi) is 3.11. The lowest BCUT2D eigenvalue weighted by molar-refractivity contribution is -0.139. The van der Waals surface area contributed by atoms with Gasteiger partial charge >= 0.3 is 0 Å². The molecule has 2 amide bonds. The van der Waals surface area contributed by atoms with Gasteiger partial charge in [0.05, 0.1) is 28.8 Å². The summed E-state index contributed by atoms with van der Waals surface area (Å²) in [5.41, 5.74) is 1.02. The predicted octanol–water partition coefficient (Wildman–Crippen LogP) is 1.91. The first-order chi connectivity index (χ1) is 9.60. The highest BCUT2D eigenvalue weighted by molar-refractivity contribution is 6.33. The Morgan fingerprint density at radius 3 is 2.70 bits per heavy atom. The van der Waals surface area contributed by atoms with Gasteiger partial charge < -0.3 is 5.32 Å². The van der Waals surface area contributed by atoms with Crippen molar-refractivity contribution in [3.05, 3.63) is 28.8 Å². The minimum atomic E-state index is -0.562. The number of nitrogens with zero attached hydrogens (tertiary/aromatic N) is 2. The van der Waals surface area contributed by atoms with Crippen LogP contribution in [0.25, 0.3) is 0 Å². The largest absolute Gasteiger partial charge is 0.372 e. The molecule has 3 rings (SSSR count). The van der Waals surface area contributed by atoms with Gasteiger partial charge in [-0.1, -0.05) is 11.6 Å². The normalized spacial score (nSPS) is 22.0. The number of benzene rings is 1. The van der Waals surface area contributed by atoms with Crippen LogP contribution in [0.1, 0.15) is 24.8 Å². The van der Waals surface area contributed by atoms with Crippen LogP contribution in [0.2, 0.25) is 5.02 Å². The van der Waals surface area contributed by atoms with Crippen LogP contribution < -0.4 is 5.32 Å². The first-order valence-electron chi connectivity index (χ1n) is 6.42. The number of nitrogens with one attached hydrogen (secondary N) is 1. The van der Waals surface area contributed by atoms with Gasteiger partial charge in [-0.25, -0.2) is 0 Å². The van der Waals surface area contributed by atoms with Crippen molar-refractivity contribution in [1.82, 2.24) is 4.90 Å². The number of imide groups is 1. The number of nitriles is 1. The Morgan fingerprint density at radius 2 is 2.10 bits per heavy atom. The number of halogens is 1. The fourth-order valence-electron chi connectivity index (χ4n) is 2.37. The van der Waals surface area contributed by atoms with Gasteiger partial charge in [0, 0.05) is 6.04 Å². The van der Waals surface area contributed by atoms with Crippen molar-refractivity contribution in [2.45, 2.75) is 31.3 Å². The van der Waals surface area contributed by atoms with E-state index in [0.29, 0.717) is 16.3 Å². The van der Waals surface area contributed by atoms with Crippen molar-refractivity contribution in [3.63, 3.8) is 0 Å². The molecule has 1 saturated carbocycles. The highest BCUT2D eigenvalue weighted by Gasteiger charge is 2.46. The van der Waals surface area contributed by atoms with Gasteiger partial charge in [-0.05, 0) is 31.0 Å². The number of hydrogen-bond acceptors (Lipinski definition) is 4. The van der Waals surface area contributed by atoms with Crippen molar-refractivity contribution >= 4 is 29.1 Å². The van der Waals surface area contributed by atoms with Crippen LogP contribution in [0.15, 0.2) is 18.2 Å². The number of rotatable bonds is 3. The second kappa shape index (κ2) is 4.80. The molecule has 1 saturated heterocycles. The third kappa shape index (κ3) is 2.23. The number of carbonyl (C=O) groups is 2. The van der Waals surface area contributed by atoms with Crippen molar-refractivity contribution in [3.8, 4) is 6.07 Å². The maximum absolute atomic E-state index is 12.2. The Balaban J connectivity index is 1.77. The topological polar surface area (TPSA) is 73.2 Å². The zero-order valence-corrected chi connectivity index (χ0v) is 11.4. The van der Waals surface area contributed by atoms with Crippen LogP contribution in [0, 0.1) is 11.3 Å². The molecule has 0 aromatic heterocycles. The molecular weight excluding hydrogens is 278 g/mol. The van der Waals surface area contributed by atoms with E-state index in [-0.39, 0.29) is 24.3 Å². The molecule has 0 radical (unpaired) electrons. The van der Waals surface area contributed by atoms with Gasteiger partial charge in [0.1, 0.15) is 6.04 Å². The minimum Gasteiger partial charge on any atom is -0.372 e. The summed E-state index contributed by atoms with van der Waals surface area (Å²) < 4.78 is 0. The molecule has 2 fully saturated rings. The molecule has 0 bridgehead atoms. The second-order valence-corrected chi connectivity index (χ2v) is 5.45. The number of carbonyl (C=O) groups excluding carboxylic acids is 2. The maximum atomic E-state index is 12.2. The Hall–Kier alpha value is -2.06. The summed E-state index contributed by atoms with van der Waals surface area (Å²) in [7, 11) is 0. The van der Waals surface area contributed by atoms with Crippen molar-refractivity contribution in [2.24, 2.45) is 0 Å². The first-order valence-corrected chi connectivity index (χ1v) is 6.80. The van der Waals surface area contributed by atoms with Crippen LogP contribution >= 0.6 is 11.6 Å². The molecule has 20 heavy (non-hydrogen) atoms. The molecule has 1 unspecified atom stereocenters. The predicted molar refractivity (Wildman–Crippen MR) is 73.1 cm³/mol. The molecule has 102 valence electrons. The highest BCUT2D eigenvalue weighted by Crippen LogP contribution is 2.33. The molecule has 1 aromatic carbocycles. The molecule has 2 aliphatic rings. The Bertz CT molecular complexity index is 634. The quantitative estimate of drug-likeness (QED) is 0.863. The van der Waals surface area contributed by atoms with Crippen molar-refractivity contribution in [2.75, 3.05) is 5.32 Å². The molecule has 1 heterocycles. The zero-order chi connectivity index (χ0) is 14.3. The molecule has 1 N–H and O–H groups in total. The molecule has 6 heteroatoms. The van der Waals surface area contributed by atoms with Crippen molar-refractivity contribution in [1.29, 1.82) is 5.26 Å². The van der Waals surface area contributed by atoms with E-state index in [1.54, 1.807) is 12.1 Å². The summed E-state index contributed by atoms with van der Waals surface area (Å²) in [4.78, 5) is 25.4. The molecule has 0 spiro atoms. The summed E-state index contributed by atoms with van der Waals surface area (Å²) in [5, 5.41) is 12.2. The second-order valence-electron chi connectivity index (χ2n) is 5.04. The van der Waals surface area contributed by atoms with E-state index in [9.17, 15) is 9.59 Å². The third-order valence-electron chi connectivity index (χ3n) is 3.52.